The monoisotopic (exact) mass is 573 g/mol. The molecule has 27 heavy (non-hydrogen) atoms. The van der Waals surface area contributed by atoms with Gasteiger partial charge in [0.25, 0.3) is 0 Å². The summed E-state index contributed by atoms with van der Waals surface area (Å²) in [6, 6.07) is 0. The Kier molecular flexibility index (Phi) is 69.2. The quantitative estimate of drug-likeness (QED) is 0.111. The molecule has 19 heteroatoms. The minimum atomic E-state index is -0.954. The Morgan fingerprint density at radius 1 is 0.556 bits per heavy atom. The van der Waals surface area contributed by atoms with Crippen LogP contribution in [0.3, 0.4) is 0 Å². The Bertz CT molecular complexity index is 300. The van der Waals surface area contributed by atoms with Gasteiger partial charge in [-0.2, -0.15) is 0 Å². The molecule has 161 valence electrons. The molecule has 1 radical (unpaired) electrons. The van der Waals surface area contributed by atoms with Crippen LogP contribution in [-0.2, 0) is 45.4 Å². The van der Waals surface area contributed by atoms with E-state index in [1.165, 1.54) is 0 Å². The van der Waals surface area contributed by atoms with Crippen LogP contribution in [0.1, 0.15) is 0 Å². The SMILES string of the molecule is O.O=C(O)CNCl.O=C(O)CNCl.O=C(O)CNCl.O=C(O)CNCl.[AlH2].[Zr]. The van der Waals surface area contributed by atoms with Crippen LogP contribution in [0.5, 0.6) is 0 Å². The van der Waals surface area contributed by atoms with E-state index >= 15 is 0 Å². The average Bonchev–Trinajstić information content (AvgIpc) is 2.39. The molecule has 0 aliphatic heterocycles. The maximum atomic E-state index is 9.45. The van der Waals surface area contributed by atoms with Crippen LogP contribution in [-0.4, -0.2) is 93.3 Å². The first-order valence-electron chi connectivity index (χ1n) is 5.30. The van der Waals surface area contributed by atoms with Crippen molar-refractivity contribution in [1.29, 1.82) is 0 Å². The van der Waals surface area contributed by atoms with Gasteiger partial charge in [-0.15, -0.1) is 0 Å². The van der Waals surface area contributed by atoms with E-state index in [4.69, 9.17) is 67.5 Å². The maximum absolute atomic E-state index is 9.45. The number of nitrogens with one attached hydrogen (secondary N) is 4. The number of aliphatic carboxylic acids is 4. The third kappa shape index (κ3) is 103. The molecule has 0 aliphatic carbocycles. The van der Waals surface area contributed by atoms with Crippen LogP contribution in [0.2, 0.25) is 0 Å². The van der Waals surface area contributed by atoms with Crippen molar-refractivity contribution in [3.8, 4) is 0 Å². The minimum Gasteiger partial charge on any atom is -0.480 e. The third-order valence-corrected chi connectivity index (χ3v) is 1.41. The molecule has 0 aromatic carbocycles. The number of hydrogen-bond acceptors (Lipinski definition) is 8. The number of carboxylic acids is 4. The number of rotatable bonds is 8. The first-order valence-corrected chi connectivity index (χ1v) is 6.81. The van der Waals surface area contributed by atoms with Crippen LogP contribution in [0.15, 0.2) is 0 Å². The van der Waals surface area contributed by atoms with E-state index in [9.17, 15) is 19.2 Å². The second kappa shape index (κ2) is 40.8. The number of hydrogen-bond donors (Lipinski definition) is 8. The van der Waals surface area contributed by atoms with E-state index in [1.54, 1.807) is 0 Å². The van der Waals surface area contributed by atoms with Gasteiger partial charge in [-0.1, -0.05) is 0 Å². The Hall–Kier alpha value is 0.256. The fourth-order valence-corrected chi connectivity index (χ4v) is 0.686. The summed E-state index contributed by atoms with van der Waals surface area (Å²) in [7, 11) is 0. The summed E-state index contributed by atoms with van der Waals surface area (Å²) in [5.41, 5.74) is 0. The van der Waals surface area contributed by atoms with Gasteiger partial charge in [-0.25, -0.2) is 19.3 Å². The normalized spacial score (nSPS) is 7.26. The summed E-state index contributed by atoms with van der Waals surface area (Å²) in [5, 5.41) is 31.1. The molecule has 10 N–H and O–H groups in total. The summed E-state index contributed by atoms with van der Waals surface area (Å²) in [5.74, 6) is -3.81. The van der Waals surface area contributed by atoms with Gasteiger partial charge in [0.1, 0.15) is 43.5 Å². The second-order valence-corrected chi connectivity index (χ2v) is 3.89. The Morgan fingerprint density at radius 3 is 0.667 bits per heavy atom. The summed E-state index contributed by atoms with van der Waals surface area (Å²) in [6.45, 7) is -0.772. The topological polar surface area (TPSA) is 229 Å². The predicted octanol–water partition coefficient (Wildman–Crippen LogP) is -2.49. The Balaban J connectivity index is -0.0000000381. The van der Waals surface area contributed by atoms with Crippen LogP contribution >= 0.6 is 47.1 Å². The van der Waals surface area contributed by atoms with Crippen molar-refractivity contribution in [3.63, 3.8) is 0 Å². The van der Waals surface area contributed by atoms with Crippen molar-refractivity contribution in [3.05, 3.63) is 0 Å². The molecule has 0 atom stereocenters. The second-order valence-electron chi connectivity index (χ2n) is 2.82. The zero-order valence-electron chi connectivity index (χ0n) is 13.8. The summed E-state index contributed by atoms with van der Waals surface area (Å²) in [4.78, 5) is 45.6. The van der Waals surface area contributed by atoms with Crippen LogP contribution in [0.4, 0.5) is 0 Å². The standard InChI is InChI=1S/4C2H4ClNO2.Al.H2O.Zr.2H/c4*3-4-1-2(5)6;;;;;/h4*4H,1H2,(H,5,6);;1H2;;;. The van der Waals surface area contributed by atoms with E-state index < -0.39 is 23.9 Å². The minimum absolute atomic E-state index is 0. The Labute approximate surface area is 204 Å². The molecule has 0 aromatic rings. The van der Waals surface area contributed by atoms with Gasteiger partial charge in [-0.3, -0.25) is 19.2 Å². The zero-order chi connectivity index (χ0) is 20.0. The first kappa shape index (κ1) is 45.8. The molecule has 0 aromatic heterocycles. The smallest absolute Gasteiger partial charge is 0.318 e. The van der Waals surface area contributed by atoms with Crippen LogP contribution in [0, 0.1) is 0 Å². The van der Waals surface area contributed by atoms with Crippen molar-refractivity contribution >= 4 is 88.3 Å². The number of halogens is 4. The molecule has 0 saturated heterocycles. The molecule has 0 fully saturated rings. The van der Waals surface area contributed by atoms with Crippen LogP contribution in [0.25, 0.3) is 0 Å². The summed E-state index contributed by atoms with van der Waals surface area (Å²) < 4.78 is 0. The van der Waals surface area contributed by atoms with Crippen molar-refractivity contribution in [2.75, 3.05) is 26.2 Å². The number of carbonyl (C=O) groups is 4. The fourth-order valence-electron chi connectivity index (χ4n) is 0.229. The molecule has 13 nitrogen and oxygen atoms in total. The van der Waals surface area contributed by atoms with E-state index in [-0.39, 0.29) is 75.2 Å². The summed E-state index contributed by atoms with van der Waals surface area (Å²) in [6.07, 6.45) is 0. The molecular weight excluding hydrogens is 556 g/mol. The van der Waals surface area contributed by atoms with E-state index in [1.807, 2.05) is 19.3 Å². The van der Waals surface area contributed by atoms with Crippen molar-refractivity contribution < 1.29 is 71.3 Å². The predicted molar refractivity (Wildman–Crippen MR) is 98.1 cm³/mol. The van der Waals surface area contributed by atoms with Crippen molar-refractivity contribution in [1.82, 2.24) is 19.3 Å². The third-order valence-electron chi connectivity index (χ3n) is 0.872. The van der Waals surface area contributed by atoms with E-state index in [2.05, 4.69) is 0 Å². The van der Waals surface area contributed by atoms with Gasteiger partial charge in [0, 0.05) is 26.2 Å². The molecule has 0 saturated carbocycles. The van der Waals surface area contributed by atoms with Gasteiger partial charge < -0.3 is 25.9 Å². The largest absolute Gasteiger partial charge is 0.480 e. The zero-order valence-corrected chi connectivity index (χ0v) is 21.2. The van der Waals surface area contributed by atoms with Gasteiger partial charge in [0.05, 0.1) is 0 Å². The first-order chi connectivity index (χ1) is 11.1. The molecular formula is C8H20AlCl4N4O9Zr. The van der Waals surface area contributed by atoms with E-state index in [0.29, 0.717) is 0 Å². The van der Waals surface area contributed by atoms with E-state index in [0.717, 1.165) is 0 Å². The maximum Gasteiger partial charge on any atom is 0.318 e. The average molecular weight is 576 g/mol. The van der Waals surface area contributed by atoms with Gasteiger partial charge in [0.15, 0.2) is 0 Å². The molecule has 0 unspecified atom stereocenters. The molecule has 0 rings (SSSR count). The molecule has 0 amide bonds. The number of carboxylic acid groups (broad SMARTS) is 4. The van der Waals surface area contributed by atoms with Gasteiger partial charge in [0.2, 0.25) is 0 Å². The fraction of sp³-hybridized carbons (Fsp3) is 0.500. The molecule has 0 spiro atoms. The molecule has 0 heterocycles. The van der Waals surface area contributed by atoms with Gasteiger partial charge in [-0.05, 0) is 47.1 Å². The van der Waals surface area contributed by atoms with Crippen molar-refractivity contribution in [2.45, 2.75) is 0 Å². The molecule has 0 bridgehead atoms. The summed E-state index contributed by atoms with van der Waals surface area (Å²) >= 11 is 19.1. The van der Waals surface area contributed by atoms with Gasteiger partial charge >= 0.3 is 23.9 Å². The van der Waals surface area contributed by atoms with Crippen molar-refractivity contribution in [2.24, 2.45) is 0 Å². The molecule has 0 aliphatic rings. The Morgan fingerprint density at radius 2 is 0.667 bits per heavy atom. The van der Waals surface area contributed by atoms with Crippen LogP contribution < -0.4 is 19.3 Å².